The van der Waals surface area contributed by atoms with E-state index in [2.05, 4.69) is 66.9 Å². The van der Waals surface area contributed by atoms with E-state index < -0.39 is 0 Å². The lowest BCUT2D eigenvalue weighted by Crippen LogP contribution is -2.12. The van der Waals surface area contributed by atoms with Gasteiger partial charge in [0, 0.05) is 21.5 Å². The summed E-state index contributed by atoms with van der Waals surface area (Å²) in [6.07, 6.45) is 0. The van der Waals surface area contributed by atoms with Crippen molar-refractivity contribution in [3.8, 4) is 0 Å². The predicted molar refractivity (Wildman–Crippen MR) is 88.4 cm³/mol. The van der Waals surface area contributed by atoms with E-state index >= 15 is 0 Å². The lowest BCUT2D eigenvalue weighted by Gasteiger charge is -2.16. The number of nitrogens with zero attached hydrogens (tertiary/aromatic N) is 2. The maximum absolute atomic E-state index is 5.75. The number of fused-ring (bicyclic) bond motifs is 1. The van der Waals surface area contributed by atoms with Crippen molar-refractivity contribution < 1.29 is 4.74 Å². The molecule has 0 bridgehead atoms. The van der Waals surface area contributed by atoms with Crippen LogP contribution in [0.15, 0.2) is 22.8 Å². The highest BCUT2D eigenvalue weighted by molar-refractivity contribution is 9.10. The lowest BCUT2D eigenvalue weighted by molar-refractivity contribution is 0.0818. The highest BCUT2D eigenvalue weighted by Crippen LogP contribution is 2.24. The molecule has 1 aromatic heterocycles. The lowest BCUT2D eigenvalue weighted by atomic mass is 10.2. The summed E-state index contributed by atoms with van der Waals surface area (Å²) in [5.41, 5.74) is 2.35. The molecule has 0 saturated heterocycles. The van der Waals surface area contributed by atoms with Gasteiger partial charge in [-0.25, -0.2) is 4.68 Å². The molecule has 0 atom stereocenters. The van der Waals surface area contributed by atoms with E-state index in [1.165, 1.54) is 5.56 Å². The molecule has 0 aliphatic carbocycles. The number of hydrogen-bond donors (Lipinski definition) is 0. The second-order valence-electron chi connectivity index (χ2n) is 6.03. The Labute approximate surface area is 131 Å². The van der Waals surface area contributed by atoms with Crippen molar-refractivity contribution in [2.24, 2.45) is 0 Å². The first-order valence-electron chi connectivity index (χ1n) is 6.82. The predicted octanol–water partition coefficient (Wildman–Crippen LogP) is 4.42. The Balaban J connectivity index is 1.94. The van der Waals surface area contributed by atoms with Crippen molar-refractivity contribution in [2.75, 3.05) is 6.61 Å². The second-order valence-corrected chi connectivity index (χ2v) is 9.13. The zero-order chi connectivity index (χ0) is 14.8. The number of rotatable bonds is 5. The van der Waals surface area contributed by atoms with Crippen LogP contribution in [0, 0.1) is 6.92 Å². The molecule has 0 N–H and O–H groups in total. The van der Waals surface area contributed by atoms with Gasteiger partial charge in [0.25, 0.3) is 0 Å². The number of halogens is 1. The summed E-state index contributed by atoms with van der Waals surface area (Å²) in [5.74, 6) is 0. The maximum atomic E-state index is 5.75. The Kier molecular flexibility index (Phi) is 5.04. The molecule has 2 radical (unpaired) electrons. The van der Waals surface area contributed by atoms with Gasteiger partial charge in [-0.15, -0.1) is 0 Å². The number of hydrogen-bond acceptors (Lipinski definition) is 2. The largest absolute Gasteiger partial charge is 0.360 e. The summed E-state index contributed by atoms with van der Waals surface area (Å²) in [7, 11) is 0.930. The third-order valence-electron chi connectivity index (χ3n) is 2.98. The smallest absolute Gasteiger partial charge is 0.140 e. The van der Waals surface area contributed by atoms with E-state index in [0.29, 0.717) is 11.8 Å². The van der Waals surface area contributed by atoms with Gasteiger partial charge in [0.05, 0.1) is 5.52 Å². The first kappa shape index (κ1) is 15.7. The first-order chi connectivity index (χ1) is 9.37. The fourth-order valence-corrected chi connectivity index (χ4v) is 3.51. The highest BCUT2D eigenvalue weighted by atomic mass is 79.9. The minimum Gasteiger partial charge on any atom is -0.360 e. The Hall–Kier alpha value is -0.653. The van der Waals surface area contributed by atoms with Crippen LogP contribution in [-0.4, -0.2) is 25.9 Å². The van der Waals surface area contributed by atoms with Gasteiger partial charge >= 0.3 is 0 Å². The summed E-state index contributed by atoms with van der Waals surface area (Å²) in [6, 6.07) is 7.46. The Morgan fingerprint density at radius 2 is 2.10 bits per heavy atom. The van der Waals surface area contributed by atoms with E-state index in [1.54, 1.807) is 0 Å². The minimum absolute atomic E-state index is 0.405. The van der Waals surface area contributed by atoms with Gasteiger partial charge in [0.2, 0.25) is 0 Å². The molecule has 1 aromatic carbocycles. The first-order valence-corrected chi connectivity index (χ1v) is 8.82. The molecule has 0 aliphatic rings. The molecular formula is C15H21BrN2OSi. The third kappa shape index (κ3) is 4.17. The normalized spacial score (nSPS) is 12.2. The van der Waals surface area contributed by atoms with E-state index in [-0.39, 0.29) is 0 Å². The Morgan fingerprint density at radius 1 is 1.35 bits per heavy atom. The summed E-state index contributed by atoms with van der Waals surface area (Å²) in [5, 5.41) is 6.04. The molecule has 3 nitrogen and oxygen atoms in total. The van der Waals surface area contributed by atoms with Crippen molar-refractivity contribution in [1.82, 2.24) is 9.78 Å². The van der Waals surface area contributed by atoms with E-state index in [4.69, 9.17) is 4.74 Å². The van der Waals surface area contributed by atoms with Gasteiger partial charge in [-0.3, -0.25) is 0 Å². The van der Waals surface area contributed by atoms with Gasteiger partial charge in [0.1, 0.15) is 11.3 Å². The molecule has 2 aromatic rings. The van der Waals surface area contributed by atoms with Crippen LogP contribution < -0.4 is 0 Å². The van der Waals surface area contributed by atoms with E-state index in [0.717, 1.165) is 37.7 Å². The minimum atomic E-state index is 0.405. The molecule has 0 unspecified atom stereocenters. The van der Waals surface area contributed by atoms with Crippen LogP contribution >= 0.6 is 15.9 Å². The van der Waals surface area contributed by atoms with Crippen molar-refractivity contribution in [3.63, 3.8) is 0 Å². The maximum Gasteiger partial charge on any atom is 0.140 e. The molecule has 108 valence electrons. The van der Waals surface area contributed by atoms with Crippen LogP contribution in [0.3, 0.4) is 0 Å². The van der Waals surface area contributed by atoms with Gasteiger partial charge in [0.15, 0.2) is 0 Å². The summed E-state index contributed by atoms with van der Waals surface area (Å²) >= 11 is 3.51. The quantitative estimate of drug-likeness (QED) is 0.588. The van der Waals surface area contributed by atoms with E-state index in [1.807, 2.05) is 4.68 Å². The molecule has 1 heterocycles. The van der Waals surface area contributed by atoms with Crippen molar-refractivity contribution in [3.05, 3.63) is 28.4 Å². The van der Waals surface area contributed by atoms with Crippen LogP contribution in [0.2, 0.25) is 11.1 Å². The molecule has 0 amide bonds. The van der Waals surface area contributed by atoms with Crippen LogP contribution in [0.5, 0.6) is 0 Å². The highest BCUT2D eigenvalue weighted by Gasteiger charge is 2.11. The standard InChI is InChI=1S/C15H21BrN2OSi/c1-11-5-6-13-12(9-11)14(16)17-18(13)10-19-7-8-20-15(2,3)4/h5-6,9H,7-8,10H2,1-4H3. The number of aromatic nitrogens is 2. The topological polar surface area (TPSA) is 27.1 Å². The number of aryl methyl sites for hydroxylation is 1. The molecule has 0 spiro atoms. The zero-order valence-electron chi connectivity index (χ0n) is 12.5. The Morgan fingerprint density at radius 3 is 2.80 bits per heavy atom. The van der Waals surface area contributed by atoms with Crippen molar-refractivity contribution >= 4 is 36.4 Å². The molecule has 0 saturated carbocycles. The molecule has 2 rings (SSSR count). The van der Waals surface area contributed by atoms with Crippen molar-refractivity contribution in [2.45, 2.75) is 45.5 Å². The van der Waals surface area contributed by atoms with Crippen LogP contribution in [-0.2, 0) is 11.5 Å². The van der Waals surface area contributed by atoms with Crippen LogP contribution in [0.1, 0.15) is 26.3 Å². The molecule has 5 heteroatoms. The summed E-state index contributed by atoms with van der Waals surface area (Å²) in [4.78, 5) is 0. The van der Waals surface area contributed by atoms with Crippen LogP contribution in [0.4, 0.5) is 0 Å². The average molecular weight is 353 g/mol. The van der Waals surface area contributed by atoms with Crippen molar-refractivity contribution in [1.29, 1.82) is 0 Å². The molecule has 0 aliphatic heterocycles. The van der Waals surface area contributed by atoms with E-state index in [9.17, 15) is 0 Å². The number of benzene rings is 1. The zero-order valence-corrected chi connectivity index (χ0v) is 15.1. The second kappa shape index (κ2) is 6.41. The fourth-order valence-electron chi connectivity index (χ4n) is 2.00. The van der Waals surface area contributed by atoms with Gasteiger partial charge in [-0.05, 0) is 46.1 Å². The summed E-state index contributed by atoms with van der Waals surface area (Å²) in [6.45, 7) is 10.2. The van der Waals surface area contributed by atoms with Crippen LogP contribution in [0.25, 0.3) is 10.9 Å². The van der Waals surface area contributed by atoms with Gasteiger partial charge in [-0.2, -0.15) is 5.10 Å². The monoisotopic (exact) mass is 352 g/mol. The third-order valence-corrected chi connectivity index (χ3v) is 5.08. The van der Waals surface area contributed by atoms with Gasteiger partial charge in [-0.1, -0.05) is 32.4 Å². The van der Waals surface area contributed by atoms with Gasteiger partial charge < -0.3 is 4.74 Å². The fraction of sp³-hybridized carbons (Fsp3) is 0.533. The molecule has 0 fully saturated rings. The average Bonchev–Trinajstić information content (AvgIpc) is 2.64. The summed E-state index contributed by atoms with van der Waals surface area (Å²) < 4.78 is 8.55. The molecule has 20 heavy (non-hydrogen) atoms. The SMILES string of the molecule is Cc1ccc2c(c1)c(Br)nn2COCC[Si]C(C)(C)C. The number of ether oxygens (including phenoxy) is 1. The Bertz CT molecular complexity index is 589. The molecular weight excluding hydrogens is 332 g/mol.